The van der Waals surface area contributed by atoms with Crippen LogP contribution in [0.5, 0.6) is 0 Å². The maximum Gasteiger partial charge on any atom is 0.323 e. The lowest BCUT2D eigenvalue weighted by Gasteiger charge is -2.06. The summed E-state index contributed by atoms with van der Waals surface area (Å²) in [5.74, 6) is -0.219. The van der Waals surface area contributed by atoms with Crippen molar-refractivity contribution in [3.05, 3.63) is 0 Å². The molecule has 0 aliphatic carbocycles. The third-order valence-corrected chi connectivity index (χ3v) is 9.38. The predicted molar refractivity (Wildman–Crippen MR) is 189 cm³/mol. The Hall–Kier alpha value is -1.04. The third kappa shape index (κ3) is 35.4. The molecule has 0 heterocycles. The van der Waals surface area contributed by atoms with Gasteiger partial charge in [-0.25, -0.2) is 0 Å². The fraction of sp³-hybridized carbons (Fsp3) is 0.921. The normalized spacial score (nSPS) is 11.1. The van der Waals surface area contributed by atoms with E-state index in [4.69, 9.17) is 9.47 Å². The van der Waals surface area contributed by atoms with Gasteiger partial charge in [0.05, 0.1) is 12.4 Å². The lowest BCUT2D eigenvalue weighted by molar-refractivity contribution is -0.157. The molecule has 6 heteroatoms. The number of ether oxygens (including phenoxy) is 2. The van der Waals surface area contributed by atoms with E-state index < -0.39 is 11.9 Å². The van der Waals surface area contributed by atoms with Crippen LogP contribution in [-0.4, -0.2) is 36.0 Å². The Morgan fingerprint density at radius 1 is 0.409 bits per heavy atom. The number of esters is 3. The molecular formula is C38H72O5S. The number of hydrogen-bond acceptors (Lipinski definition) is 6. The summed E-state index contributed by atoms with van der Waals surface area (Å²) in [6.07, 6.45) is 36.2. The van der Waals surface area contributed by atoms with Crippen LogP contribution < -0.4 is 0 Å². The smallest absolute Gasteiger partial charge is 0.323 e. The molecule has 0 aliphatic rings. The molecule has 0 saturated carbocycles. The summed E-state index contributed by atoms with van der Waals surface area (Å²) in [7, 11) is 0. The molecular weight excluding hydrogens is 568 g/mol. The minimum absolute atomic E-state index is 0.151. The van der Waals surface area contributed by atoms with Crippen molar-refractivity contribution in [1.29, 1.82) is 0 Å². The second-order valence-corrected chi connectivity index (χ2v) is 13.9. The third-order valence-electron chi connectivity index (χ3n) is 8.36. The minimum Gasteiger partial charge on any atom is -0.466 e. The molecule has 0 unspecified atom stereocenters. The van der Waals surface area contributed by atoms with Gasteiger partial charge in [0.1, 0.15) is 0 Å². The number of carbonyl (C=O) groups is 3. The summed E-state index contributed by atoms with van der Waals surface area (Å²) < 4.78 is 10.3. The molecule has 260 valence electrons. The summed E-state index contributed by atoms with van der Waals surface area (Å²) in [5, 5.41) is 0. The van der Waals surface area contributed by atoms with E-state index in [1.807, 2.05) is 0 Å². The largest absolute Gasteiger partial charge is 0.466 e. The zero-order valence-electron chi connectivity index (χ0n) is 29.3. The zero-order valence-corrected chi connectivity index (χ0v) is 30.1. The average Bonchev–Trinajstić information content (AvgIpc) is 3.01. The molecule has 0 spiro atoms. The Bertz CT molecular complexity index is 639. The van der Waals surface area contributed by atoms with Gasteiger partial charge < -0.3 is 9.47 Å². The lowest BCUT2D eigenvalue weighted by Crippen LogP contribution is -2.14. The van der Waals surface area contributed by atoms with Gasteiger partial charge in [-0.3, -0.25) is 14.4 Å². The number of rotatable bonds is 35. The van der Waals surface area contributed by atoms with Crippen LogP contribution in [0.3, 0.4) is 0 Å². The molecule has 0 aromatic carbocycles. The van der Waals surface area contributed by atoms with Gasteiger partial charge in [-0.15, -0.1) is 0 Å². The molecule has 0 aromatic heterocycles. The van der Waals surface area contributed by atoms with Crippen molar-refractivity contribution in [3.8, 4) is 0 Å². The van der Waals surface area contributed by atoms with E-state index in [2.05, 4.69) is 13.8 Å². The number of hydrogen-bond donors (Lipinski definition) is 0. The summed E-state index contributed by atoms with van der Waals surface area (Å²) in [6.45, 7) is 5.03. The van der Waals surface area contributed by atoms with E-state index in [0.717, 1.165) is 32.1 Å². The molecule has 0 N–H and O–H groups in total. The van der Waals surface area contributed by atoms with Crippen molar-refractivity contribution in [2.75, 3.05) is 18.1 Å². The van der Waals surface area contributed by atoms with Gasteiger partial charge in [0.2, 0.25) is 0 Å². The Balaban J connectivity index is 3.35. The molecule has 0 rings (SSSR count). The van der Waals surface area contributed by atoms with Crippen molar-refractivity contribution >= 4 is 29.7 Å². The maximum atomic E-state index is 11.9. The first-order chi connectivity index (χ1) is 21.6. The Morgan fingerprint density at radius 2 is 0.773 bits per heavy atom. The first-order valence-corrected chi connectivity index (χ1v) is 20.2. The van der Waals surface area contributed by atoms with Crippen LogP contribution in [0.1, 0.15) is 206 Å². The molecule has 0 atom stereocenters. The van der Waals surface area contributed by atoms with Crippen LogP contribution in [0.15, 0.2) is 0 Å². The molecule has 0 aliphatic heterocycles. The van der Waals surface area contributed by atoms with Crippen molar-refractivity contribution < 1.29 is 23.9 Å². The van der Waals surface area contributed by atoms with E-state index in [9.17, 15) is 14.4 Å². The van der Waals surface area contributed by atoms with Gasteiger partial charge in [-0.2, -0.15) is 11.8 Å². The molecule has 44 heavy (non-hydrogen) atoms. The van der Waals surface area contributed by atoms with Crippen LogP contribution in [0.4, 0.5) is 0 Å². The highest BCUT2D eigenvalue weighted by Crippen LogP contribution is 2.15. The standard InChI is InChI=1S/C38H72O5S/c1-3-5-7-9-11-13-15-16-17-18-19-21-23-25-27-29-33-42-36(39)32-30-34-44-35-38(41)43-37(40)31-28-26-24-22-20-14-12-10-8-6-4-2/h3-35H2,1-2H3. The molecule has 0 bridgehead atoms. The highest BCUT2D eigenvalue weighted by molar-refractivity contribution is 7.99. The second kappa shape index (κ2) is 36.4. The average molecular weight is 641 g/mol. The van der Waals surface area contributed by atoms with Crippen LogP contribution in [0.25, 0.3) is 0 Å². The van der Waals surface area contributed by atoms with Gasteiger partial charge in [0, 0.05) is 12.8 Å². The monoisotopic (exact) mass is 641 g/mol. The van der Waals surface area contributed by atoms with Crippen LogP contribution in [0.2, 0.25) is 0 Å². The molecule has 0 saturated heterocycles. The van der Waals surface area contributed by atoms with Crippen LogP contribution in [0, 0.1) is 0 Å². The Morgan fingerprint density at radius 3 is 1.20 bits per heavy atom. The fourth-order valence-corrected chi connectivity index (χ4v) is 6.24. The highest BCUT2D eigenvalue weighted by Gasteiger charge is 2.11. The van der Waals surface area contributed by atoms with Gasteiger partial charge in [0.25, 0.3) is 0 Å². The summed E-state index contributed by atoms with van der Waals surface area (Å²) >= 11 is 1.41. The predicted octanol–water partition coefficient (Wildman–Crippen LogP) is 12.1. The van der Waals surface area contributed by atoms with E-state index in [0.29, 0.717) is 31.6 Å². The second-order valence-electron chi connectivity index (χ2n) is 12.8. The topological polar surface area (TPSA) is 69.7 Å². The zero-order chi connectivity index (χ0) is 32.2. The summed E-state index contributed by atoms with van der Waals surface area (Å²) in [4.78, 5) is 35.7. The van der Waals surface area contributed by atoms with Crippen molar-refractivity contribution in [1.82, 2.24) is 0 Å². The Kier molecular flexibility index (Phi) is 35.6. The minimum atomic E-state index is -0.478. The molecule has 0 fully saturated rings. The van der Waals surface area contributed by atoms with Gasteiger partial charge >= 0.3 is 17.9 Å². The van der Waals surface area contributed by atoms with Gasteiger partial charge in [-0.1, -0.05) is 174 Å². The van der Waals surface area contributed by atoms with Crippen LogP contribution in [-0.2, 0) is 23.9 Å². The quantitative estimate of drug-likeness (QED) is 0.0390. The maximum absolute atomic E-state index is 11.9. The highest BCUT2D eigenvalue weighted by atomic mass is 32.2. The molecule has 0 aromatic rings. The van der Waals surface area contributed by atoms with Crippen molar-refractivity contribution in [2.24, 2.45) is 0 Å². The number of carbonyl (C=O) groups excluding carboxylic acids is 3. The van der Waals surface area contributed by atoms with E-state index in [1.165, 1.54) is 153 Å². The number of unbranched alkanes of at least 4 members (excludes halogenated alkanes) is 25. The molecule has 0 radical (unpaired) electrons. The van der Waals surface area contributed by atoms with E-state index in [1.54, 1.807) is 0 Å². The van der Waals surface area contributed by atoms with E-state index in [-0.39, 0.29) is 11.7 Å². The van der Waals surface area contributed by atoms with Gasteiger partial charge in [0.15, 0.2) is 0 Å². The lowest BCUT2D eigenvalue weighted by atomic mass is 10.0. The first-order valence-electron chi connectivity index (χ1n) is 19.1. The van der Waals surface area contributed by atoms with Gasteiger partial charge in [-0.05, 0) is 25.0 Å². The fourth-order valence-electron chi connectivity index (χ4n) is 5.52. The van der Waals surface area contributed by atoms with E-state index >= 15 is 0 Å². The van der Waals surface area contributed by atoms with Crippen molar-refractivity contribution in [2.45, 2.75) is 206 Å². The van der Waals surface area contributed by atoms with Crippen molar-refractivity contribution in [3.63, 3.8) is 0 Å². The first kappa shape index (κ1) is 43.0. The summed E-state index contributed by atoms with van der Waals surface area (Å²) in [6, 6.07) is 0. The summed E-state index contributed by atoms with van der Waals surface area (Å²) in [5.41, 5.74) is 0. The molecule has 5 nitrogen and oxygen atoms in total. The number of thioether (sulfide) groups is 1. The van der Waals surface area contributed by atoms with Crippen LogP contribution >= 0.6 is 11.8 Å². The SMILES string of the molecule is CCCCCCCCCCCCCCCCCCOC(=O)CCCSCC(=O)OC(=O)CCCCCCCCCCCCC. The molecule has 0 amide bonds. The Labute approximate surface area is 277 Å².